The quantitative estimate of drug-likeness (QED) is 0.794. The van der Waals surface area contributed by atoms with Crippen LogP contribution in [0.5, 0.6) is 0 Å². The smallest absolute Gasteiger partial charge is 0.203 e. The zero-order valence-corrected chi connectivity index (χ0v) is 13.3. The van der Waals surface area contributed by atoms with Crippen molar-refractivity contribution >= 4 is 16.7 Å². The maximum atomic E-state index is 11.2. The molecule has 0 bridgehead atoms. The van der Waals surface area contributed by atoms with Crippen molar-refractivity contribution in [3.8, 4) is 0 Å². The van der Waals surface area contributed by atoms with Crippen molar-refractivity contribution in [2.75, 3.05) is 31.0 Å². The molecule has 0 aliphatic rings. The van der Waals surface area contributed by atoms with E-state index in [1.165, 1.54) is 0 Å². The fraction of sp³-hybridized carbons (Fsp3) is 0.769. The monoisotopic (exact) mass is 287 g/mol. The molecule has 0 spiro atoms. The third kappa shape index (κ3) is 5.32. The summed E-state index contributed by atoms with van der Waals surface area (Å²) in [6.45, 7) is 6.80. The van der Waals surface area contributed by atoms with Gasteiger partial charge in [0.15, 0.2) is 0 Å². The van der Waals surface area contributed by atoms with E-state index in [1.807, 2.05) is 13.1 Å². The summed E-state index contributed by atoms with van der Waals surface area (Å²) in [5.74, 6) is 1.57. The lowest BCUT2D eigenvalue weighted by atomic mass is 10.2. The van der Waals surface area contributed by atoms with Gasteiger partial charge in [0.25, 0.3) is 0 Å². The predicted molar refractivity (Wildman–Crippen MR) is 80.2 cm³/mol. The highest BCUT2D eigenvalue weighted by Crippen LogP contribution is 2.19. The maximum absolute atomic E-state index is 11.2. The van der Waals surface area contributed by atoms with Crippen LogP contribution >= 0.6 is 0 Å². The summed E-state index contributed by atoms with van der Waals surface area (Å²) in [5, 5.41) is 3.35. The Morgan fingerprint density at radius 1 is 1.53 bits per heavy atom. The molecule has 0 fully saturated rings. The van der Waals surface area contributed by atoms with E-state index in [-0.39, 0.29) is 12.1 Å². The van der Waals surface area contributed by atoms with Crippen molar-refractivity contribution in [1.82, 2.24) is 9.55 Å². The summed E-state index contributed by atoms with van der Waals surface area (Å²) in [4.78, 5) is 4.50. The molecule has 0 aromatic carbocycles. The summed E-state index contributed by atoms with van der Waals surface area (Å²) in [5.41, 5.74) is 0.983. The number of aromatic nitrogens is 2. The van der Waals surface area contributed by atoms with Gasteiger partial charge in [-0.15, -0.1) is 0 Å². The summed E-state index contributed by atoms with van der Waals surface area (Å²) in [6.07, 6.45) is 4.66. The topological polar surface area (TPSA) is 56.1 Å². The van der Waals surface area contributed by atoms with Crippen LogP contribution in [0.1, 0.15) is 32.0 Å². The van der Waals surface area contributed by atoms with Crippen LogP contribution in [-0.2, 0) is 15.5 Å². The van der Waals surface area contributed by atoms with E-state index in [0.29, 0.717) is 12.4 Å². The van der Waals surface area contributed by atoms with Gasteiger partial charge >= 0.3 is 0 Å². The van der Waals surface area contributed by atoms with Crippen LogP contribution in [0.15, 0.2) is 6.20 Å². The first-order chi connectivity index (χ1) is 8.93. The normalized spacial score (nSPS) is 16.1. The molecule has 0 radical (unpaired) electrons. The molecule has 1 N–H and O–H groups in total. The van der Waals surface area contributed by atoms with Gasteiger partial charge in [-0.25, -0.2) is 4.98 Å². The highest BCUT2D eigenvalue weighted by atomic mass is 32.2. The van der Waals surface area contributed by atoms with E-state index < -0.39 is 10.8 Å². The molecule has 6 heteroatoms. The van der Waals surface area contributed by atoms with Crippen LogP contribution in [0.3, 0.4) is 0 Å². The summed E-state index contributed by atoms with van der Waals surface area (Å²) in [6, 6.07) is 0.486. The van der Waals surface area contributed by atoms with E-state index in [2.05, 4.69) is 28.7 Å². The van der Waals surface area contributed by atoms with Crippen LogP contribution in [0, 0.1) is 6.92 Å². The standard InChI is InChI=1S/C13H25N3O2S/c1-10-8-16(12(3)6-7-19(5)17)13(14-10)15-11(2)9-18-4/h8,11-12H,6-7,9H2,1-5H3,(H,14,15). The number of aryl methyl sites for hydroxylation is 1. The molecule has 110 valence electrons. The lowest BCUT2D eigenvalue weighted by molar-refractivity contribution is 0.190. The third-order valence-corrected chi connectivity index (χ3v) is 3.75. The molecule has 0 amide bonds. The van der Waals surface area contributed by atoms with E-state index in [0.717, 1.165) is 18.1 Å². The predicted octanol–water partition coefficient (Wildman–Crippen LogP) is 1.97. The molecule has 1 heterocycles. The average molecular weight is 287 g/mol. The highest BCUT2D eigenvalue weighted by Gasteiger charge is 2.14. The first-order valence-corrected chi connectivity index (χ1v) is 8.27. The lowest BCUT2D eigenvalue weighted by Gasteiger charge is -2.19. The molecule has 1 aromatic rings. The van der Waals surface area contributed by atoms with Gasteiger partial charge in [0.2, 0.25) is 5.95 Å². The third-order valence-electron chi connectivity index (χ3n) is 2.94. The molecule has 0 aliphatic carbocycles. The number of methoxy groups -OCH3 is 1. The van der Waals surface area contributed by atoms with Crippen LogP contribution in [0.2, 0.25) is 0 Å². The Hall–Kier alpha value is -0.880. The minimum Gasteiger partial charge on any atom is -0.383 e. The van der Waals surface area contributed by atoms with Crippen molar-refractivity contribution in [2.24, 2.45) is 0 Å². The van der Waals surface area contributed by atoms with E-state index in [9.17, 15) is 4.21 Å². The largest absolute Gasteiger partial charge is 0.383 e. The molecule has 19 heavy (non-hydrogen) atoms. The van der Waals surface area contributed by atoms with E-state index >= 15 is 0 Å². The molecule has 5 nitrogen and oxygen atoms in total. The Kier molecular flexibility index (Phi) is 6.51. The fourth-order valence-electron chi connectivity index (χ4n) is 1.95. The summed E-state index contributed by atoms with van der Waals surface area (Å²) >= 11 is 0. The number of hydrogen-bond acceptors (Lipinski definition) is 4. The number of nitrogens with zero attached hydrogens (tertiary/aromatic N) is 2. The Morgan fingerprint density at radius 3 is 2.79 bits per heavy atom. The van der Waals surface area contributed by atoms with Gasteiger partial charge in [0, 0.05) is 48.2 Å². The second kappa shape index (κ2) is 7.65. The van der Waals surface area contributed by atoms with Crippen molar-refractivity contribution in [2.45, 2.75) is 39.3 Å². The highest BCUT2D eigenvalue weighted by molar-refractivity contribution is 7.84. The van der Waals surface area contributed by atoms with Gasteiger partial charge in [-0.2, -0.15) is 0 Å². The van der Waals surface area contributed by atoms with E-state index in [4.69, 9.17) is 4.74 Å². The lowest BCUT2D eigenvalue weighted by Crippen LogP contribution is -2.24. The number of anilines is 1. The maximum Gasteiger partial charge on any atom is 0.203 e. The number of hydrogen-bond donors (Lipinski definition) is 1. The summed E-state index contributed by atoms with van der Waals surface area (Å²) in [7, 11) is 0.942. The first kappa shape index (κ1) is 16.2. The molecule has 3 unspecified atom stereocenters. The molecule has 1 rings (SSSR count). The van der Waals surface area contributed by atoms with Crippen LogP contribution in [0.4, 0.5) is 5.95 Å². The Bertz CT molecular complexity index is 420. The van der Waals surface area contributed by atoms with E-state index in [1.54, 1.807) is 13.4 Å². The number of rotatable bonds is 8. The fourth-order valence-corrected chi connectivity index (χ4v) is 2.62. The van der Waals surface area contributed by atoms with Crippen molar-refractivity contribution < 1.29 is 8.95 Å². The van der Waals surface area contributed by atoms with Gasteiger partial charge in [0.1, 0.15) is 0 Å². The van der Waals surface area contributed by atoms with Gasteiger partial charge < -0.3 is 14.6 Å². The first-order valence-electron chi connectivity index (χ1n) is 6.55. The van der Waals surface area contributed by atoms with Gasteiger partial charge in [-0.05, 0) is 27.2 Å². The molecular formula is C13H25N3O2S. The second-order valence-corrected chi connectivity index (χ2v) is 6.58. The Morgan fingerprint density at radius 2 is 2.21 bits per heavy atom. The van der Waals surface area contributed by atoms with Gasteiger partial charge in [-0.1, -0.05) is 0 Å². The van der Waals surface area contributed by atoms with Crippen molar-refractivity contribution in [3.05, 3.63) is 11.9 Å². The van der Waals surface area contributed by atoms with Gasteiger partial charge in [-0.3, -0.25) is 4.21 Å². The molecule has 0 aliphatic heterocycles. The Labute approximate surface area is 118 Å². The zero-order valence-electron chi connectivity index (χ0n) is 12.5. The van der Waals surface area contributed by atoms with Crippen molar-refractivity contribution in [3.63, 3.8) is 0 Å². The molecular weight excluding hydrogens is 262 g/mol. The number of ether oxygens (including phenoxy) is 1. The van der Waals surface area contributed by atoms with Crippen LogP contribution < -0.4 is 5.32 Å². The van der Waals surface area contributed by atoms with Crippen molar-refractivity contribution in [1.29, 1.82) is 0 Å². The number of nitrogens with one attached hydrogen (secondary N) is 1. The van der Waals surface area contributed by atoms with Crippen LogP contribution in [-0.4, -0.2) is 45.5 Å². The number of imidazole rings is 1. The second-order valence-electron chi connectivity index (χ2n) is 5.03. The molecule has 1 aromatic heterocycles. The molecule has 0 saturated heterocycles. The average Bonchev–Trinajstić information content (AvgIpc) is 2.67. The molecule has 3 atom stereocenters. The van der Waals surface area contributed by atoms with Gasteiger partial charge in [0.05, 0.1) is 12.3 Å². The SMILES string of the molecule is COCC(C)Nc1nc(C)cn1C(C)CCS(C)=O. The minimum absolute atomic E-state index is 0.207. The zero-order chi connectivity index (χ0) is 14.4. The van der Waals surface area contributed by atoms with Crippen LogP contribution in [0.25, 0.3) is 0 Å². The molecule has 0 saturated carbocycles. The minimum atomic E-state index is -0.748. The Balaban J connectivity index is 2.73. The summed E-state index contributed by atoms with van der Waals surface area (Å²) < 4.78 is 18.4.